The number of aryl methyl sites for hydroxylation is 2. The normalized spacial score (nSPS) is 13.4. The molecule has 0 saturated heterocycles. The number of carbonyl (C=O) groups is 1. The lowest BCUT2D eigenvalue weighted by Gasteiger charge is -2.10. The number of methoxy groups -OCH3 is 1. The summed E-state index contributed by atoms with van der Waals surface area (Å²) in [5.74, 6) is 1.35. The number of rotatable bonds is 6. The number of hydrogen-bond donors (Lipinski definition) is 1. The summed E-state index contributed by atoms with van der Waals surface area (Å²) in [7, 11) is 1.39. The molecule has 144 valence electrons. The van der Waals surface area contributed by atoms with Crippen molar-refractivity contribution in [1.29, 1.82) is 0 Å². The Morgan fingerprint density at radius 2 is 2.04 bits per heavy atom. The van der Waals surface area contributed by atoms with E-state index in [0.29, 0.717) is 29.7 Å². The van der Waals surface area contributed by atoms with Crippen molar-refractivity contribution in [1.82, 2.24) is 25.0 Å². The Morgan fingerprint density at radius 3 is 2.64 bits per heavy atom. The Kier molecular flexibility index (Phi) is 4.77. The Labute approximate surface area is 163 Å². The van der Waals surface area contributed by atoms with Crippen molar-refractivity contribution in [2.45, 2.75) is 39.2 Å². The minimum absolute atomic E-state index is 0.334. The first-order valence-corrected chi connectivity index (χ1v) is 9.24. The molecule has 28 heavy (non-hydrogen) atoms. The Bertz CT molecular complexity index is 1010. The lowest BCUT2D eigenvalue weighted by Crippen LogP contribution is -2.11. The van der Waals surface area contributed by atoms with Crippen molar-refractivity contribution in [3.8, 4) is 5.82 Å². The second-order valence-corrected chi connectivity index (χ2v) is 6.97. The number of anilines is 1. The molecule has 0 aromatic carbocycles. The zero-order valence-corrected chi connectivity index (χ0v) is 16.1. The van der Waals surface area contributed by atoms with Gasteiger partial charge in [0.15, 0.2) is 5.82 Å². The highest BCUT2D eigenvalue weighted by atomic mass is 16.5. The number of nitrogens with zero attached hydrogens (tertiary/aromatic N) is 5. The maximum absolute atomic E-state index is 11.9. The average molecular weight is 378 g/mol. The molecule has 0 aliphatic heterocycles. The van der Waals surface area contributed by atoms with Gasteiger partial charge in [-0.3, -0.25) is 4.98 Å². The number of carbonyl (C=O) groups excluding carboxylic acids is 1. The van der Waals surface area contributed by atoms with Crippen LogP contribution in [0.25, 0.3) is 5.82 Å². The molecule has 3 aromatic heterocycles. The van der Waals surface area contributed by atoms with Crippen LogP contribution >= 0.6 is 0 Å². The first-order valence-electron chi connectivity index (χ1n) is 9.24. The number of esters is 1. The van der Waals surface area contributed by atoms with Crippen LogP contribution in [0.1, 0.15) is 51.9 Å². The van der Waals surface area contributed by atoms with E-state index in [9.17, 15) is 4.79 Å². The molecule has 0 atom stereocenters. The molecule has 8 nitrogen and oxygen atoms in total. The molecule has 0 amide bonds. The smallest absolute Gasteiger partial charge is 0.339 e. The monoisotopic (exact) mass is 378 g/mol. The highest BCUT2D eigenvalue weighted by molar-refractivity contribution is 5.90. The van der Waals surface area contributed by atoms with E-state index in [1.807, 2.05) is 38.1 Å². The maximum atomic E-state index is 11.9. The van der Waals surface area contributed by atoms with Crippen LogP contribution in [-0.2, 0) is 11.3 Å². The van der Waals surface area contributed by atoms with Gasteiger partial charge in [-0.2, -0.15) is 5.10 Å². The lowest BCUT2D eigenvalue weighted by atomic mass is 10.1. The highest BCUT2D eigenvalue weighted by Gasteiger charge is 2.30. The summed E-state index contributed by atoms with van der Waals surface area (Å²) >= 11 is 0. The van der Waals surface area contributed by atoms with Crippen molar-refractivity contribution < 1.29 is 9.53 Å². The van der Waals surface area contributed by atoms with Gasteiger partial charge in [0.2, 0.25) is 0 Å². The van der Waals surface area contributed by atoms with E-state index in [-0.39, 0.29) is 5.97 Å². The minimum Gasteiger partial charge on any atom is -0.465 e. The van der Waals surface area contributed by atoms with Crippen molar-refractivity contribution >= 4 is 11.8 Å². The Morgan fingerprint density at radius 1 is 1.21 bits per heavy atom. The van der Waals surface area contributed by atoms with Gasteiger partial charge in [-0.05, 0) is 57.0 Å². The molecule has 1 aliphatic rings. The standard InChI is InChI=1S/C20H22N6O2/c1-12-10-13(2)26(25-12)18-9-8-17(23-24-18)21-11-15-6-7-16(20(27)28-3)19(22-15)14-4-5-14/h6-10,14H,4-5,11H2,1-3H3,(H,21,23). The third kappa shape index (κ3) is 3.71. The van der Waals surface area contributed by atoms with Crippen LogP contribution in [-0.4, -0.2) is 38.0 Å². The van der Waals surface area contributed by atoms with Gasteiger partial charge in [0.1, 0.15) is 5.82 Å². The maximum Gasteiger partial charge on any atom is 0.339 e. The molecule has 1 saturated carbocycles. The molecule has 1 N–H and O–H groups in total. The van der Waals surface area contributed by atoms with Crippen molar-refractivity contribution in [2.24, 2.45) is 0 Å². The summed E-state index contributed by atoms with van der Waals surface area (Å²) in [6, 6.07) is 9.36. The molecule has 3 heterocycles. The molecule has 4 rings (SSSR count). The highest BCUT2D eigenvalue weighted by Crippen LogP contribution is 2.40. The van der Waals surface area contributed by atoms with Gasteiger partial charge in [0, 0.05) is 11.6 Å². The van der Waals surface area contributed by atoms with Gasteiger partial charge in [-0.25, -0.2) is 9.48 Å². The predicted octanol–water partition coefficient (Wildman–Crippen LogP) is 2.95. The second kappa shape index (κ2) is 7.38. The molecule has 0 radical (unpaired) electrons. The number of pyridine rings is 1. The van der Waals surface area contributed by atoms with Crippen molar-refractivity contribution in [3.63, 3.8) is 0 Å². The lowest BCUT2D eigenvalue weighted by molar-refractivity contribution is 0.0598. The van der Waals surface area contributed by atoms with Crippen molar-refractivity contribution in [3.05, 3.63) is 58.7 Å². The first-order chi connectivity index (χ1) is 13.5. The predicted molar refractivity (Wildman–Crippen MR) is 104 cm³/mol. The minimum atomic E-state index is -0.334. The van der Waals surface area contributed by atoms with Crippen LogP contribution in [0, 0.1) is 13.8 Å². The number of ether oxygens (including phenoxy) is 1. The van der Waals surface area contributed by atoms with Crippen LogP contribution in [0.3, 0.4) is 0 Å². The van der Waals surface area contributed by atoms with E-state index in [1.54, 1.807) is 10.7 Å². The average Bonchev–Trinajstić information content (AvgIpc) is 3.50. The third-order valence-corrected chi connectivity index (χ3v) is 4.68. The summed E-state index contributed by atoms with van der Waals surface area (Å²) in [4.78, 5) is 16.6. The molecule has 1 aliphatic carbocycles. The van der Waals surface area contributed by atoms with Crippen LogP contribution in [0.15, 0.2) is 30.3 Å². The topological polar surface area (TPSA) is 94.8 Å². The van der Waals surface area contributed by atoms with Gasteiger partial charge in [-0.1, -0.05) is 0 Å². The molecule has 8 heteroatoms. The molecular formula is C20H22N6O2. The fraction of sp³-hybridized carbons (Fsp3) is 0.350. The summed E-state index contributed by atoms with van der Waals surface area (Å²) in [6.07, 6.45) is 2.13. The SMILES string of the molecule is COC(=O)c1ccc(CNc2ccc(-n3nc(C)cc3C)nn2)nc1C1CC1. The molecule has 0 spiro atoms. The number of aromatic nitrogens is 5. The van der Waals surface area contributed by atoms with E-state index in [0.717, 1.165) is 35.6 Å². The van der Waals surface area contributed by atoms with E-state index >= 15 is 0 Å². The van der Waals surface area contributed by atoms with E-state index < -0.39 is 0 Å². The Hall–Kier alpha value is -3.29. The van der Waals surface area contributed by atoms with Crippen LogP contribution in [0.2, 0.25) is 0 Å². The van der Waals surface area contributed by atoms with Gasteiger partial charge >= 0.3 is 5.97 Å². The Balaban J connectivity index is 1.46. The molecular weight excluding hydrogens is 356 g/mol. The molecule has 1 fully saturated rings. The van der Waals surface area contributed by atoms with Crippen molar-refractivity contribution in [2.75, 3.05) is 12.4 Å². The second-order valence-electron chi connectivity index (χ2n) is 6.97. The summed E-state index contributed by atoms with van der Waals surface area (Å²) in [5.41, 5.74) is 4.18. The van der Waals surface area contributed by atoms with Crippen LogP contribution < -0.4 is 5.32 Å². The quantitative estimate of drug-likeness (QED) is 0.659. The van der Waals surface area contributed by atoms with Gasteiger partial charge in [0.25, 0.3) is 0 Å². The summed E-state index contributed by atoms with van der Waals surface area (Å²) in [6.45, 7) is 4.42. The van der Waals surface area contributed by atoms with Crippen LogP contribution in [0.4, 0.5) is 5.82 Å². The molecule has 0 bridgehead atoms. The zero-order valence-electron chi connectivity index (χ0n) is 16.1. The fourth-order valence-corrected chi connectivity index (χ4v) is 3.14. The molecule has 0 unspecified atom stereocenters. The largest absolute Gasteiger partial charge is 0.465 e. The van der Waals surface area contributed by atoms with E-state index in [2.05, 4.69) is 25.6 Å². The number of nitrogens with one attached hydrogen (secondary N) is 1. The van der Waals surface area contributed by atoms with Crippen LogP contribution in [0.5, 0.6) is 0 Å². The first kappa shape index (κ1) is 18.1. The van der Waals surface area contributed by atoms with E-state index in [4.69, 9.17) is 4.74 Å². The van der Waals surface area contributed by atoms with E-state index in [1.165, 1.54) is 7.11 Å². The van der Waals surface area contributed by atoms with Gasteiger partial charge < -0.3 is 10.1 Å². The summed E-state index contributed by atoms with van der Waals surface area (Å²) in [5, 5.41) is 16.1. The third-order valence-electron chi connectivity index (χ3n) is 4.68. The van der Waals surface area contributed by atoms with Gasteiger partial charge in [-0.15, -0.1) is 10.2 Å². The summed E-state index contributed by atoms with van der Waals surface area (Å²) < 4.78 is 6.63. The van der Waals surface area contributed by atoms with Gasteiger partial charge in [0.05, 0.1) is 36.3 Å². The number of hydrogen-bond acceptors (Lipinski definition) is 7. The zero-order chi connectivity index (χ0) is 19.7. The molecule has 3 aromatic rings. The fourth-order valence-electron chi connectivity index (χ4n) is 3.14.